The summed E-state index contributed by atoms with van der Waals surface area (Å²) in [5.74, 6) is -0.435. The average molecular weight is 350 g/mol. The Hall–Kier alpha value is -2.66. The Balaban J connectivity index is 1.89. The lowest BCUT2D eigenvalue weighted by Gasteiger charge is -2.31. The number of carbonyl (C=O) groups is 2. The van der Waals surface area contributed by atoms with Crippen molar-refractivity contribution in [3.63, 3.8) is 0 Å². The van der Waals surface area contributed by atoms with Crippen molar-refractivity contribution < 1.29 is 9.59 Å². The molecule has 3 aromatic rings. The molecule has 0 spiro atoms. The monoisotopic (exact) mass is 350 g/mol. The summed E-state index contributed by atoms with van der Waals surface area (Å²) in [4.78, 5) is 26.3. The smallest absolute Gasteiger partial charge is 0.255 e. The summed E-state index contributed by atoms with van der Waals surface area (Å²) in [7, 11) is 0. The molecule has 2 atom stereocenters. The van der Waals surface area contributed by atoms with Crippen LogP contribution in [-0.4, -0.2) is 22.8 Å². The van der Waals surface area contributed by atoms with E-state index < -0.39 is 5.91 Å². The zero-order valence-electron chi connectivity index (χ0n) is 13.8. The third kappa shape index (κ3) is 2.51. The molecule has 4 rings (SSSR count). The van der Waals surface area contributed by atoms with Crippen LogP contribution in [0.1, 0.15) is 40.9 Å². The lowest BCUT2D eigenvalue weighted by Crippen LogP contribution is -2.39. The Bertz CT molecular complexity index is 978. The van der Waals surface area contributed by atoms with Crippen molar-refractivity contribution in [3.8, 4) is 0 Å². The van der Waals surface area contributed by atoms with Crippen LogP contribution in [0.5, 0.6) is 0 Å². The Morgan fingerprint density at radius 2 is 1.88 bits per heavy atom. The van der Waals surface area contributed by atoms with E-state index in [-0.39, 0.29) is 24.4 Å². The molecule has 5 heteroatoms. The zero-order valence-corrected chi connectivity index (χ0v) is 14.6. The SMILES string of the molecule is CC(CC(N)=O)N1C(=O)c2ccccc2C1c1csc2ccccc12. The van der Waals surface area contributed by atoms with Gasteiger partial charge >= 0.3 is 0 Å². The molecule has 2 heterocycles. The molecule has 1 aliphatic heterocycles. The number of benzene rings is 2. The number of carbonyl (C=O) groups excluding carboxylic acids is 2. The van der Waals surface area contributed by atoms with Crippen LogP contribution < -0.4 is 5.73 Å². The van der Waals surface area contributed by atoms with Gasteiger partial charge in [0.05, 0.1) is 6.04 Å². The molecular formula is C20H18N2O2S. The van der Waals surface area contributed by atoms with Crippen molar-refractivity contribution in [2.24, 2.45) is 5.73 Å². The lowest BCUT2D eigenvalue weighted by atomic mass is 9.96. The number of fused-ring (bicyclic) bond motifs is 2. The fourth-order valence-corrected chi connectivity index (χ4v) is 4.69. The third-order valence-electron chi connectivity index (χ3n) is 4.78. The Labute approximate surface area is 149 Å². The van der Waals surface area contributed by atoms with Crippen LogP contribution in [0.25, 0.3) is 10.1 Å². The summed E-state index contributed by atoms with van der Waals surface area (Å²) in [6.45, 7) is 1.89. The van der Waals surface area contributed by atoms with E-state index in [1.165, 1.54) is 4.70 Å². The van der Waals surface area contributed by atoms with Crippen molar-refractivity contribution in [1.29, 1.82) is 0 Å². The van der Waals surface area contributed by atoms with Gasteiger partial charge in [-0.3, -0.25) is 9.59 Å². The van der Waals surface area contributed by atoms with E-state index in [0.717, 1.165) is 16.5 Å². The minimum Gasteiger partial charge on any atom is -0.370 e. The molecule has 1 aliphatic rings. The second-order valence-electron chi connectivity index (χ2n) is 6.41. The van der Waals surface area contributed by atoms with Gasteiger partial charge in [-0.1, -0.05) is 36.4 Å². The first-order valence-electron chi connectivity index (χ1n) is 8.24. The van der Waals surface area contributed by atoms with Gasteiger partial charge in [0.1, 0.15) is 0 Å². The summed E-state index contributed by atoms with van der Waals surface area (Å²) in [6, 6.07) is 15.4. The number of hydrogen-bond donors (Lipinski definition) is 1. The number of hydrogen-bond acceptors (Lipinski definition) is 3. The quantitative estimate of drug-likeness (QED) is 0.779. The molecule has 0 bridgehead atoms. The first-order valence-corrected chi connectivity index (χ1v) is 9.12. The van der Waals surface area contributed by atoms with E-state index in [0.29, 0.717) is 5.56 Å². The molecule has 0 saturated heterocycles. The first kappa shape index (κ1) is 15.8. The molecule has 4 nitrogen and oxygen atoms in total. The number of amides is 2. The van der Waals surface area contributed by atoms with Crippen LogP contribution in [0.3, 0.4) is 0 Å². The predicted molar refractivity (Wildman–Crippen MR) is 99.6 cm³/mol. The maximum atomic E-state index is 13.0. The largest absolute Gasteiger partial charge is 0.370 e. The Morgan fingerprint density at radius 3 is 2.68 bits per heavy atom. The van der Waals surface area contributed by atoms with Gasteiger partial charge in [0.2, 0.25) is 5.91 Å². The number of rotatable bonds is 4. The molecule has 0 aliphatic carbocycles. The van der Waals surface area contributed by atoms with Gasteiger partial charge in [0, 0.05) is 22.7 Å². The van der Waals surface area contributed by atoms with Crippen LogP contribution in [0.4, 0.5) is 0 Å². The predicted octanol–water partition coefficient (Wildman–Crippen LogP) is 3.71. The van der Waals surface area contributed by atoms with Crippen LogP contribution in [0, 0.1) is 0 Å². The molecule has 2 unspecified atom stereocenters. The molecule has 2 N–H and O–H groups in total. The van der Waals surface area contributed by atoms with E-state index in [4.69, 9.17) is 5.73 Å². The van der Waals surface area contributed by atoms with Crippen molar-refractivity contribution in [3.05, 3.63) is 70.6 Å². The molecule has 2 aromatic carbocycles. The molecular weight excluding hydrogens is 332 g/mol. The Kier molecular flexibility index (Phi) is 3.81. The van der Waals surface area contributed by atoms with E-state index in [1.807, 2.05) is 48.2 Å². The van der Waals surface area contributed by atoms with Gasteiger partial charge in [-0.2, -0.15) is 0 Å². The van der Waals surface area contributed by atoms with E-state index in [2.05, 4.69) is 17.5 Å². The van der Waals surface area contributed by atoms with Crippen molar-refractivity contribution in [2.45, 2.75) is 25.4 Å². The summed E-state index contributed by atoms with van der Waals surface area (Å²) in [5, 5.41) is 3.27. The summed E-state index contributed by atoms with van der Waals surface area (Å²) in [6.07, 6.45) is 0.151. The highest BCUT2D eigenvalue weighted by Crippen LogP contribution is 2.44. The maximum absolute atomic E-state index is 13.0. The molecule has 126 valence electrons. The molecule has 25 heavy (non-hydrogen) atoms. The molecule has 1 aromatic heterocycles. The molecule has 0 saturated carbocycles. The maximum Gasteiger partial charge on any atom is 0.255 e. The van der Waals surface area contributed by atoms with Crippen molar-refractivity contribution in [2.75, 3.05) is 0 Å². The number of nitrogens with two attached hydrogens (primary N) is 1. The van der Waals surface area contributed by atoms with Gasteiger partial charge in [-0.25, -0.2) is 0 Å². The topological polar surface area (TPSA) is 63.4 Å². The highest BCUT2D eigenvalue weighted by atomic mass is 32.1. The van der Waals surface area contributed by atoms with Crippen molar-refractivity contribution in [1.82, 2.24) is 4.90 Å². The fraction of sp³-hybridized carbons (Fsp3) is 0.200. The molecule has 2 amide bonds. The highest BCUT2D eigenvalue weighted by molar-refractivity contribution is 7.17. The van der Waals surface area contributed by atoms with Gasteiger partial charge in [0.15, 0.2) is 0 Å². The normalized spacial score (nSPS) is 17.7. The second-order valence-corrected chi connectivity index (χ2v) is 7.32. The van der Waals surface area contributed by atoms with Gasteiger partial charge < -0.3 is 10.6 Å². The fourth-order valence-electron chi connectivity index (χ4n) is 3.71. The average Bonchev–Trinajstić information content (AvgIpc) is 3.13. The second kappa shape index (κ2) is 6.01. The zero-order chi connectivity index (χ0) is 17.6. The molecule has 0 radical (unpaired) electrons. The van der Waals surface area contributed by atoms with Crippen LogP contribution in [-0.2, 0) is 4.79 Å². The highest BCUT2D eigenvalue weighted by Gasteiger charge is 2.41. The Morgan fingerprint density at radius 1 is 1.16 bits per heavy atom. The third-order valence-corrected chi connectivity index (χ3v) is 5.76. The summed E-state index contributed by atoms with van der Waals surface area (Å²) >= 11 is 1.67. The first-order chi connectivity index (χ1) is 12.1. The van der Waals surface area contributed by atoms with E-state index >= 15 is 0 Å². The number of nitrogens with zero attached hydrogens (tertiary/aromatic N) is 1. The van der Waals surface area contributed by atoms with Gasteiger partial charge in [0.25, 0.3) is 5.91 Å². The molecule has 0 fully saturated rings. The van der Waals surface area contributed by atoms with E-state index in [1.54, 1.807) is 11.3 Å². The summed E-state index contributed by atoms with van der Waals surface area (Å²) < 4.78 is 1.19. The van der Waals surface area contributed by atoms with Crippen molar-refractivity contribution >= 4 is 33.2 Å². The van der Waals surface area contributed by atoms with Crippen LogP contribution >= 0.6 is 11.3 Å². The van der Waals surface area contributed by atoms with Gasteiger partial charge in [-0.15, -0.1) is 11.3 Å². The standard InChI is InChI=1S/C20H18N2O2S/c1-12(10-18(21)23)22-19(14-7-2-3-8-15(14)20(22)24)16-11-25-17-9-5-4-6-13(16)17/h2-9,11-12,19H,10H2,1H3,(H2,21,23). The van der Waals surface area contributed by atoms with Crippen LogP contribution in [0.15, 0.2) is 53.9 Å². The number of primary amides is 1. The minimum atomic E-state index is -0.398. The summed E-state index contributed by atoms with van der Waals surface area (Å²) in [5.41, 5.74) is 8.20. The van der Waals surface area contributed by atoms with E-state index in [9.17, 15) is 9.59 Å². The number of thiophene rings is 1. The minimum absolute atomic E-state index is 0.0374. The van der Waals surface area contributed by atoms with Gasteiger partial charge in [-0.05, 0) is 40.9 Å². The van der Waals surface area contributed by atoms with Crippen LogP contribution in [0.2, 0.25) is 0 Å². The lowest BCUT2D eigenvalue weighted by molar-refractivity contribution is -0.118.